The number of nitrogens with two attached hydrogens (primary N) is 1. The van der Waals surface area contributed by atoms with Gasteiger partial charge in [-0.2, -0.15) is 0 Å². The van der Waals surface area contributed by atoms with Crippen molar-refractivity contribution in [3.8, 4) is 0 Å². The number of aliphatic hydroxyl groups is 1. The Hall–Kier alpha value is -0.690. The molecular weight excluding hydrogens is 186 g/mol. The molecular formula is C8H21N3O3. The fourth-order valence-corrected chi connectivity index (χ4v) is 0.784. The Balaban J connectivity index is 0. The quantitative estimate of drug-likeness (QED) is 0.342. The number of carboxylic acid groups (broad SMARTS) is 1. The predicted octanol–water partition coefficient (Wildman–Crippen LogP) is -1.79. The molecule has 0 radical (unpaired) electrons. The molecule has 1 aliphatic heterocycles. The van der Waals surface area contributed by atoms with Crippen LogP contribution in [0.4, 0.5) is 0 Å². The fourth-order valence-electron chi connectivity index (χ4n) is 0.784. The van der Waals surface area contributed by atoms with E-state index in [2.05, 4.69) is 10.6 Å². The number of β-amino-alcohol motifs (C(OH)–C–C–N with tert-alkyl or cyclic N) is 1. The van der Waals surface area contributed by atoms with E-state index in [0.29, 0.717) is 0 Å². The van der Waals surface area contributed by atoms with Crippen molar-refractivity contribution < 1.29 is 15.0 Å². The molecule has 86 valence electrons. The van der Waals surface area contributed by atoms with Gasteiger partial charge in [-0.1, -0.05) is 0 Å². The molecule has 1 atom stereocenters. The summed E-state index contributed by atoms with van der Waals surface area (Å²) in [5.41, 5.74) is 5.08. The Morgan fingerprint density at radius 3 is 2.36 bits per heavy atom. The Labute approximate surface area is 84.5 Å². The van der Waals surface area contributed by atoms with Crippen molar-refractivity contribution in [2.45, 2.75) is 12.5 Å². The van der Waals surface area contributed by atoms with Gasteiger partial charge in [0.2, 0.25) is 0 Å². The van der Waals surface area contributed by atoms with Crippen LogP contribution in [0.15, 0.2) is 0 Å². The maximum atomic E-state index is 8.67. The number of likely N-dealkylation sites (N-methyl/N-ethyl adjacent to an activating group) is 1. The smallest absolute Gasteiger partial charge is 0.290 e. The summed E-state index contributed by atoms with van der Waals surface area (Å²) in [5, 5.41) is 21.5. The maximum Gasteiger partial charge on any atom is 0.290 e. The normalized spacial score (nSPS) is 18.6. The molecule has 0 amide bonds. The minimum atomic E-state index is -0.250. The summed E-state index contributed by atoms with van der Waals surface area (Å²) >= 11 is 0. The van der Waals surface area contributed by atoms with Gasteiger partial charge in [-0.15, -0.1) is 0 Å². The van der Waals surface area contributed by atoms with Crippen molar-refractivity contribution in [3.63, 3.8) is 0 Å². The van der Waals surface area contributed by atoms with E-state index in [0.717, 1.165) is 32.6 Å². The third kappa shape index (κ3) is 17.4. The Morgan fingerprint density at radius 1 is 1.71 bits per heavy atom. The van der Waals surface area contributed by atoms with Gasteiger partial charge in [-0.05, 0) is 20.0 Å². The molecule has 1 saturated heterocycles. The molecule has 6 heteroatoms. The highest BCUT2D eigenvalue weighted by molar-refractivity contribution is 5.32. The zero-order valence-corrected chi connectivity index (χ0v) is 8.57. The average molecular weight is 207 g/mol. The van der Waals surface area contributed by atoms with Gasteiger partial charge in [-0.3, -0.25) is 4.79 Å². The van der Waals surface area contributed by atoms with E-state index in [1.54, 1.807) is 0 Å². The lowest BCUT2D eigenvalue weighted by molar-refractivity contribution is -0.122. The van der Waals surface area contributed by atoms with E-state index in [9.17, 15) is 0 Å². The van der Waals surface area contributed by atoms with E-state index in [1.807, 2.05) is 7.05 Å². The van der Waals surface area contributed by atoms with Crippen molar-refractivity contribution in [1.82, 2.24) is 10.6 Å². The predicted molar refractivity (Wildman–Crippen MR) is 55.2 cm³/mol. The van der Waals surface area contributed by atoms with Crippen LogP contribution in [-0.4, -0.2) is 56.0 Å². The van der Waals surface area contributed by atoms with Gasteiger partial charge >= 0.3 is 0 Å². The maximum absolute atomic E-state index is 8.67. The third-order valence-electron chi connectivity index (χ3n) is 1.43. The lowest BCUT2D eigenvalue weighted by Crippen LogP contribution is -2.17. The third-order valence-corrected chi connectivity index (χ3v) is 1.43. The minimum absolute atomic E-state index is 0.0648. The van der Waals surface area contributed by atoms with E-state index >= 15 is 0 Å². The van der Waals surface area contributed by atoms with Crippen LogP contribution < -0.4 is 16.4 Å². The summed E-state index contributed by atoms with van der Waals surface area (Å²) in [4.78, 5) is 8.36. The van der Waals surface area contributed by atoms with Gasteiger partial charge in [0.15, 0.2) is 0 Å². The second-order valence-corrected chi connectivity index (χ2v) is 2.64. The zero-order chi connectivity index (χ0) is 11.2. The second-order valence-electron chi connectivity index (χ2n) is 2.64. The first-order chi connectivity index (χ1) is 6.72. The van der Waals surface area contributed by atoms with Crippen molar-refractivity contribution in [1.29, 1.82) is 0 Å². The van der Waals surface area contributed by atoms with Crippen LogP contribution in [-0.2, 0) is 4.79 Å². The van der Waals surface area contributed by atoms with Crippen LogP contribution in [0.5, 0.6) is 0 Å². The summed E-state index contributed by atoms with van der Waals surface area (Å²) in [6.07, 6.45) is 0.866. The Morgan fingerprint density at radius 2 is 2.29 bits per heavy atom. The molecule has 0 saturated carbocycles. The Bertz CT molecular complexity index is 106. The molecule has 6 nitrogen and oxygen atoms in total. The molecule has 1 fully saturated rings. The first-order valence-corrected chi connectivity index (χ1v) is 4.54. The molecule has 6 N–H and O–H groups in total. The molecule has 0 aromatic carbocycles. The molecule has 0 aromatic heterocycles. The van der Waals surface area contributed by atoms with Crippen molar-refractivity contribution in [3.05, 3.63) is 0 Å². The molecule has 1 aliphatic rings. The van der Waals surface area contributed by atoms with Gasteiger partial charge in [-0.25, -0.2) is 0 Å². The summed E-state index contributed by atoms with van der Waals surface area (Å²) in [6.45, 7) is 3.18. The number of hydrogen-bond acceptors (Lipinski definition) is 5. The van der Waals surface area contributed by atoms with Crippen molar-refractivity contribution >= 4 is 6.47 Å². The highest BCUT2D eigenvalue weighted by Gasteiger charge is 2.08. The van der Waals surface area contributed by atoms with Gasteiger partial charge in [0.05, 0.1) is 6.10 Å². The topological polar surface area (TPSA) is 108 Å². The molecule has 1 rings (SSSR count). The first-order valence-electron chi connectivity index (χ1n) is 4.54. The van der Waals surface area contributed by atoms with E-state index in [1.165, 1.54) is 0 Å². The molecule has 0 spiro atoms. The second kappa shape index (κ2) is 14.8. The lowest BCUT2D eigenvalue weighted by Gasteiger charge is -1.90. The highest BCUT2D eigenvalue weighted by atomic mass is 16.3. The van der Waals surface area contributed by atoms with Crippen molar-refractivity contribution in [2.24, 2.45) is 5.73 Å². The number of hydrogen-bond donors (Lipinski definition) is 5. The number of carbonyl (C=O) groups is 1. The van der Waals surface area contributed by atoms with Crippen LogP contribution in [0, 0.1) is 0 Å². The van der Waals surface area contributed by atoms with Crippen LogP contribution >= 0.6 is 0 Å². The fraction of sp³-hybridized carbons (Fsp3) is 0.875. The number of nitrogens with one attached hydrogen (secondary N) is 2. The largest absolute Gasteiger partial charge is 0.483 e. The number of aliphatic hydroxyl groups excluding tert-OH is 1. The first kappa shape index (κ1) is 15.8. The summed E-state index contributed by atoms with van der Waals surface area (Å²) in [5.74, 6) is 0. The molecule has 1 unspecified atom stereocenters. The van der Waals surface area contributed by atoms with Crippen LogP contribution in [0.2, 0.25) is 0 Å². The monoisotopic (exact) mass is 207 g/mol. The zero-order valence-electron chi connectivity index (χ0n) is 8.57. The standard InChI is InChI=1S/C4H9NO.C3H10N2.CH2O2/c6-4-1-2-5-3-4;1-5-3-2-4;2-1-3/h4-6H,1-3H2;5H,2-4H2,1H3;1H,(H,2,3). The van der Waals surface area contributed by atoms with Crippen molar-refractivity contribution in [2.75, 3.05) is 33.2 Å². The number of rotatable bonds is 2. The molecule has 0 aromatic rings. The molecule has 0 aliphatic carbocycles. The van der Waals surface area contributed by atoms with Gasteiger partial charge in [0.25, 0.3) is 6.47 Å². The molecule has 14 heavy (non-hydrogen) atoms. The molecule has 0 bridgehead atoms. The summed E-state index contributed by atoms with van der Waals surface area (Å²) in [7, 11) is 1.88. The van der Waals surface area contributed by atoms with E-state index < -0.39 is 0 Å². The van der Waals surface area contributed by atoms with Crippen LogP contribution in [0.25, 0.3) is 0 Å². The van der Waals surface area contributed by atoms with Gasteiger partial charge in [0.1, 0.15) is 0 Å². The van der Waals surface area contributed by atoms with Gasteiger partial charge < -0.3 is 26.6 Å². The Kier molecular flexibility index (Phi) is 16.7. The summed E-state index contributed by atoms with van der Waals surface area (Å²) in [6, 6.07) is 0. The van der Waals surface area contributed by atoms with E-state index in [-0.39, 0.29) is 12.6 Å². The SMILES string of the molecule is CNCCN.O=CO.OC1CCNC1. The van der Waals surface area contributed by atoms with Gasteiger partial charge in [0, 0.05) is 19.6 Å². The lowest BCUT2D eigenvalue weighted by atomic mass is 10.3. The summed E-state index contributed by atoms with van der Waals surface area (Å²) < 4.78 is 0. The van der Waals surface area contributed by atoms with E-state index in [4.69, 9.17) is 20.7 Å². The van der Waals surface area contributed by atoms with Crippen LogP contribution in [0.3, 0.4) is 0 Å². The minimum Gasteiger partial charge on any atom is -0.483 e. The molecule has 1 heterocycles. The average Bonchev–Trinajstić information content (AvgIpc) is 2.60. The van der Waals surface area contributed by atoms with Crippen LogP contribution in [0.1, 0.15) is 6.42 Å². The highest BCUT2D eigenvalue weighted by Crippen LogP contribution is 1.93.